The first-order valence-electron chi connectivity index (χ1n) is 9.02. The highest BCUT2D eigenvalue weighted by molar-refractivity contribution is 9.10. The Hall–Kier alpha value is -3.25. The monoisotopic (exact) mass is 448 g/mol. The van der Waals surface area contributed by atoms with Crippen molar-refractivity contribution in [3.05, 3.63) is 99.7 Å². The van der Waals surface area contributed by atoms with Gasteiger partial charge < -0.3 is 5.11 Å². The van der Waals surface area contributed by atoms with E-state index in [1.165, 1.54) is 4.90 Å². The Bertz CT molecular complexity index is 1110. The van der Waals surface area contributed by atoms with Crippen molar-refractivity contribution in [2.75, 3.05) is 4.90 Å². The first-order chi connectivity index (χ1) is 14.0. The lowest BCUT2D eigenvalue weighted by Gasteiger charge is -2.24. The van der Waals surface area contributed by atoms with Crippen LogP contribution in [0.1, 0.15) is 22.7 Å². The molecule has 0 spiro atoms. The molecular weight excluding hydrogens is 432 g/mol. The van der Waals surface area contributed by atoms with Gasteiger partial charge in [-0.25, -0.2) is 4.98 Å². The van der Waals surface area contributed by atoms with Crippen LogP contribution >= 0.6 is 15.9 Å². The van der Waals surface area contributed by atoms with Gasteiger partial charge in [-0.3, -0.25) is 14.5 Å². The highest BCUT2D eigenvalue weighted by atomic mass is 79.9. The van der Waals surface area contributed by atoms with Gasteiger partial charge in [0.25, 0.3) is 5.78 Å². The van der Waals surface area contributed by atoms with E-state index in [4.69, 9.17) is 0 Å². The summed E-state index contributed by atoms with van der Waals surface area (Å²) in [5, 5.41) is 11.0. The molecule has 0 radical (unpaired) electrons. The Kier molecular flexibility index (Phi) is 5.03. The van der Waals surface area contributed by atoms with Crippen LogP contribution in [0.5, 0.6) is 0 Å². The molecule has 0 saturated carbocycles. The van der Waals surface area contributed by atoms with E-state index >= 15 is 0 Å². The van der Waals surface area contributed by atoms with E-state index in [1.54, 1.807) is 36.5 Å². The van der Waals surface area contributed by atoms with Crippen molar-refractivity contribution >= 4 is 39.2 Å². The van der Waals surface area contributed by atoms with Crippen LogP contribution in [0.3, 0.4) is 0 Å². The molecule has 6 heteroatoms. The minimum absolute atomic E-state index is 0.0480. The van der Waals surface area contributed by atoms with Crippen molar-refractivity contribution in [2.24, 2.45) is 0 Å². The summed E-state index contributed by atoms with van der Waals surface area (Å²) in [6.45, 7) is 1.94. The van der Waals surface area contributed by atoms with Crippen molar-refractivity contribution in [3.63, 3.8) is 0 Å². The number of aryl methyl sites for hydroxylation is 1. The molecule has 1 atom stereocenters. The fourth-order valence-corrected chi connectivity index (χ4v) is 3.66. The van der Waals surface area contributed by atoms with E-state index in [0.717, 1.165) is 10.0 Å². The number of aromatic nitrogens is 1. The minimum atomic E-state index is -0.778. The predicted molar refractivity (Wildman–Crippen MR) is 114 cm³/mol. The number of hydrogen-bond donors (Lipinski definition) is 1. The molecule has 1 fully saturated rings. The number of hydrogen-bond acceptors (Lipinski definition) is 4. The number of nitrogens with zero attached hydrogens (tertiary/aromatic N) is 2. The van der Waals surface area contributed by atoms with Crippen molar-refractivity contribution in [3.8, 4) is 0 Å². The van der Waals surface area contributed by atoms with Crippen LogP contribution in [0.4, 0.5) is 5.82 Å². The first kappa shape index (κ1) is 19.1. The molecule has 2 heterocycles. The fraction of sp³-hybridized carbons (Fsp3) is 0.0870. The van der Waals surface area contributed by atoms with Crippen LogP contribution in [0.25, 0.3) is 5.76 Å². The standard InChI is InChI=1S/C23H17BrN2O3/c1-14-5-7-16(8-6-14)21(27)19-20(15-9-11-17(24)12-10-15)26(23(29)22(19)28)18-4-2-3-13-25-18/h2-13,20,27H,1H3/t20-/m1/s1. The number of anilines is 1. The summed E-state index contributed by atoms with van der Waals surface area (Å²) in [4.78, 5) is 31.5. The molecule has 0 unspecified atom stereocenters. The second kappa shape index (κ2) is 7.64. The van der Waals surface area contributed by atoms with E-state index < -0.39 is 17.7 Å². The van der Waals surface area contributed by atoms with E-state index in [0.29, 0.717) is 16.9 Å². The van der Waals surface area contributed by atoms with E-state index in [1.807, 2.05) is 43.3 Å². The number of benzene rings is 2. The lowest BCUT2D eigenvalue weighted by molar-refractivity contribution is -0.132. The third-order valence-corrected chi connectivity index (χ3v) is 5.38. The second-order valence-electron chi connectivity index (χ2n) is 6.77. The maximum absolute atomic E-state index is 13.0. The molecule has 1 aliphatic rings. The zero-order valence-corrected chi connectivity index (χ0v) is 17.1. The van der Waals surface area contributed by atoms with Crippen LogP contribution in [0.2, 0.25) is 0 Å². The summed E-state index contributed by atoms with van der Waals surface area (Å²) >= 11 is 3.40. The van der Waals surface area contributed by atoms with Gasteiger partial charge in [-0.2, -0.15) is 0 Å². The van der Waals surface area contributed by atoms with Gasteiger partial charge in [0, 0.05) is 16.2 Å². The molecule has 0 bridgehead atoms. The number of ketones is 1. The van der Waals surface area contributed by atoms with Gasteiger partial charge in [-0.05, 0) is 36.8 Å². The molecule has 2 aromatic carbocycles. The third-order valence-electron chi connectivity index (χ3n) is 4.85. The Morgan fingerprint density at radius 1 is 1.00 bits per heavy atom. The molecule has 5 nitrogen and oxygen atoms in total. The lowest BCUT2D eigenvalue weighted by atomic mass is 9.95. The van der Waals surface area contributed by atoms with Gasteiger partial charge in [0.05, 0.1) is 11.6 Å². The lowest BCUT2D eigenvalue weighted by Crippen LogP contribution is -2.30. The van der Waals surface area contributed by atoms with Crippen LogP contribution in [-0.2, 0) is 9.59 Å². The predicted octanol–water partition coefficient (Wildman–Crippen LogP) is 4.78. The second-order valence-corrected chi connectivity index (χ2v) is 7.69. The van der Waals surface area contributed by atoms with Crippen molar-refractivity contribution in [1.29, 1.82) is 0 Å². The van der Waals surface area contributed by atoms with E-state index in [9.17, 15) is 14.7 Å². The molecule has 1 N–H and O–H groups in total. The highest BCUT2D eigenvalue weighted by Crippen LogP contribution is 2.41. The summed E-state index contributed by atoms with van der Waals surface area (Å²) < 4.78 is 0.870. The van der Waals surface area contributed by atoms with Crippen molar-refractivity contribution in [2.45, 2.75) is 13.0 Å². The smallest absolute Gasteiger partial charge is 0.301 e. The van der Waals surface area contributed by atoms with Gasteiger partial charge in [0.1, 0.15) is 11.6 Å². The molecule has 0 aliphatic carbocycles. The molecule has 4 rings (SSSR count). The maximum Gasteiger partial charge on any atom is 0.301 e. The number of rotatable bonds is 3. The number of carbonyl (C=O) groups excluding carboxylic acids is 2. The van der Waals surface area contributed by atoms with Gasteiger partial charge in [-0.1, -0.05) is 64.0 Å². The number of halogens is 1. The number of amides is 1. The number of aliphatic hydroxyl groups is 1. The summed E-state index contributed by atoms with van der Waals surface area (Å²) in [5.74, 6) is -1.30. The number of aliphatic hydroxyl groups excluding tert-OH is 1. The van der Waals surface area contributed by atoms with Crippen molar-refractivity contribution in [1.82, 2.24) is 4.98 Å². The van der Waals surface area contributed by atoms with E-state index in [2.05, 4.69) is 20.9 Å². The van der Waals surface area contributed by atoms with Crippen molar-refractivity contribution < 1.29 is 14.7 Å². The summed E-state index contributed by atoms with van der Waals surface area (Å²) in [6, 6.07) is 18.8. The number of pyridine rings is 1. The highest BCUT2D eigenvalue weighted by Gasteiger charge is 2.47. The van der Waals surface area contributed by atoms with Crippen LogP contribution in [-0.4, -0.2) is 21.8 Å². The maximum atomic E-state index is 13.0. The minimum Gasteiger partial charge on any atom is -0.507 e. The van der Waals surface area contributed by atoms with Crippen LogP contribution in [0, 0.1) is 6.92 Å². The normalized spacial score (nSPS) is 18.3. The van der Waals surface area contributed by atoms with Gasteiger partial charge in [-0.15, -0.1) is 0 Å². The zero-order chi connectivity index (χ0) is 20.5. The summed E-state index contributed by atoms with van der Waals surface area (Å²) in [5.41, 5.74) is 2.26. The Morgan fingerprint density at radius 2 is 1.69 bits per heavy atom. The molecule has 29 heavy (non-hydrogen) atoms. The van der Waals surface area contributed by atoms with Crippen LogP contribution in [0.15, 0.2) is 83.0 Å². The third kappa shape index (κ3) is 3.47. The SMILES string of the molecule is Cc1ccc(C(O)=C2C(=O)C(=O)N(c3ccccn3)[C@@H]2c2ccc(Br)cc2)cc1. The topological polar surface area (TPSA) is 70.5 Å². The first-order valence-corrected chi connectivity index (χ1v) is 9.81. The number of carbonyl (C=O) groups is 2. The van der Waals surface area contributed by atoms with Gasteiger partial charge in [0.2, 0.25) is 0 Å². The van der Waals surface area contributed by atoms with Crippen LogP contribution < -0.4 is 4.90 Å². The molecule has 1 amide bonds. The summed E-state index contributed by atoms with van der Waals surface area (Å²) in [7, 11) is 0. The Labute approximate surface area is 176 Å². The Morgan fingerprint density at radius 3 is 2.31 bits per heavy atom. The quantitative estimate of drug-likeness (QED) is 0.355. The van der Waals surface area contributed by atoms with Gasteiger partial charge in [0.15, 0.2) is 0 Å². The molecule has 1 saturated heterocycles. The molecule has 1 aromatic heterocycles. The fourth-order valence-electron chi connectivity index (χ4n) is 3.39. The molecule has 144 valence electrons. The molecule has 1 aliphatic heterocycles. The number of Topliss-reactive ketones (excluding diaryl/α,β-unsaturated/α-hetero) is 1. The average Bonchev–Trinajstić information content (AvgIpc) is 3.00. The largest absolute Gasteiger partial charge is 0.507 e. The Balaban J connectivity index is 1.94. The molecule has 3 aromatic rings. The van der Waals surface area contributed by atoms with Gasteiger partial charge >= 0.3 is 5.91 Å². The molecular formula is C23H17BrN2O3. The summed E-state index contributed by atoms with van der Waals surface area (Å²) in [6.07, 6.45) is 1.56. The van der Waals surface area contributed by atoms with E-state index in [-0.39, 0.29) is 11.3 Å². The zero-order valence-electron chi connectivity index (χ0n) is 15.5. The average molecular weight is 449 g/mol.